The Morgan fingerprint density at radius 3 is 3.08 bits per heavy atom. The monoisotopic (exact) mass is 224 g/mol. The van der Waals surface area contributed by atoms with Crippen LogP contribution in [0.4, 0.5) is 0 Å². The lowest BCUT2D eigenvalue weighted by atomic mass is 10.2. The van der Waals surface area contributed by atoms with Gasteiger partial charge in [0.2, 0.25) is 0 Å². The molecule has 2 nitrogen and oxygen atoms in total. The third-order valence-electron chi connectivity index (χ3n) is 1.97. The van der Waals surface area contributed by atoms with Crippen LogP contribution in [0, 0.1) is 0 Å². The summed E-state index contributed by atoms with van der Waals surface area (Å²) in [4.78, 5) is 0. The van der Waals surface area contributed by atoms with E-state index in [0.29, 0.717) is 0 Å². The lowest BCUT2D eigenvalue weighted by Crippen LogP contribution is -1.89. The largest absolute Gasteiger partial charge is 0.268 e. The van der Waals surface area contributed by atoms with Crippen molar-refractivity contribution < 1.29 is 0 Å². The van der Waals surface area contributed by atoms with Gasteiger partial charge in [0.25, 0.3) is 0 Å². The highest BCUT2D eigenvalue weighted by Gasteiger charge is 1.98. The van der Waals surface area contributed by atoms with E-state index in [0.717, 1.165) is 5.33 Å². The molecular weight excluding hydrogens is 216 g/mol. The van der Waals surface area contributed by atoms with Crippen molar-refractivity contribution in [3.63, 3.8) is 0 Å². The molecule has 1 aromatic heterocycles. The maximum atomic E-state index is 4.17. The van der Waals surface area contributed by atoms with E-state index in [2.05, 4.69) is 39.2 Å². The Labute approximate surface area is 79.3 Å². The van der Waals surface area contributed by atoms with Gasteiger partial charge in [-0.15, -0.1) is 0 Å². The number of aryl methyl sites for hydroxylation is 1. The van der Waals surface area contributed by atoms with Crippen LogP contribution in [0.25, 0.3) is 10.9 Å². The number of aromatic nitrogens is 2. The van der Waals surface area contributed by atoms with Crippen molar-refractivity contribution in [3.8, 4) is 0 Å². The van der Waals surface area contributed by atoms with Gasteiger partial charge in [0.15, 0.2) is 0 Å². The number of fused-ring (bicyclic) bond motifs is 1. The predicted octanol–water partition coefficient (Wildman–Crippen LogP) is 2.47. The van der Waals surface area contributed by atoms with Crippen LogP contribution < -0.4 is 0 Å². The van der Waals surface area contributed by atoms with Crippen molar-refractivity contribution in [2.45, 2.75) is 5.33 Å². The molecule has 2 rings (SSSR count). The molecule has 62 valence electrons. The molecule has 0 fully saturated rings. The van der Waals surface area contributed by atoms with E-state index in [1.807, 2.05) is 17.9 Å². The molecule has 2 aromatic rings. The fourth-order valence-electron chi connectivity index (χ4n) is 1.27. The highest BCUT2D eigenvalue weighted by Crippen LogP contribution is 2.16. The zero-order chi connectivity index (χ0) is 8.55. The van der Waals surface area contributed by atoms with Gasteiger partial charge < -0.3 is 0 Å². The van der Waals surface area contributed by atoms with E-state index < -0.39 is 0 Å². The lowest BCUT2D eigenvalue weighted by Gasteiger charge is -1.96. The Morgan fingerprint density at radius 1 is 1.50 bits per heavy atom. The Kier molecular flexibility index (Phi) is 1.89. The van der Waals surface area contributed by atoms with Gasteiger partial charge in [0.05, 0.1) is 11.7 Å². The Morgan fingerprint density at radius 2 is 2.33 bits per heavy atom. The van der Waals surface area contributed by atoms with Crippen molar-refractivity contribution in [3.05, 3.63) is 30.0 Å². The van der Waals surface area contributed by atoms with E-state index in [-0.39, 0.29) is 0 Å². The molecule has 0 N–H and O–H groups in total. The molecule has 0 aliphatic rings. The zero-order valence-electron chi connectivity index (χ0n) is 6.79. The summed E-state index contributed by atoms with van der Waals surface area (Å²) in [5, 5.41) is 6.27. The van der Waals surface area contributed by atoms with Gasteiger partial charge in [-0.3, -0.25) is 4.68 Å². The standard InChI is InChI=1S/C9H9BrN2/c1-12-9-4-7(5-10)2-3-8(9)6-11-12/h2-4,6H,5H2,1H3. The van der Waals surface area contributed by atoms with E-state index in [1.165, 1.54) is 16.5 Å². The molecule has 0 aliphatic carbocycles. The van der Waals surface area contributed by atoms with Gasteiger partial charge in [0.1, 0.15) is 0 Å². The quantitative estimate of drug-likeness (QED) is 0.681. The first kappa shape index (κ1) is 7.80. The van der Waals surface area contributed by atoms with Gasteiger partial charge in [-0.25, -0.2) is 0 Å². The Bertz CT molecular complexity index is 406. The van der Waals surface area contributed by atoms with Crippen LogP contribution >= 0.6 is 15.9 Å². The molecule has 0 spiro atoms. The molecule has 0 aliphatic heterocycles. The highest BCUT2D eigenvalue weighted by atomic mass is 79.9. The van der Waals surface area contributed by atoms with E-state index in [4.69, 9.17) is 0 Å². The SMILES string of the molecule is Cn1ncc2ccc(CBr)cc21. The molecule has 0 radical (unpaired) electrons. The fourth-order valence-corrected chi connectivity index (χ4v) is 1.62. The first-order valence-electron chi connectivity index (χ1n) is 3.78. The number of hydrogen-bond donors (Lipinski definition) is 0. The molecule has 3 heteroatoms. The number of nitrogens with zero attached hydrogens (tertiary/aromatic N) is 2. The van der Waals surface area contributed by atoms with E-state index >= 15 is 0 Å². The van der Waals surface area contributed by atoms with Gasteiger partial charge >= 0.3 is 0 Å². The number of benzene rings is 1. The number of rotatable bonds is 1. The van der Waals surface area contributed by atoms with Crippen molar-refractivity contribution >= 4 is 26.8 Å². The third-order valence-corrected chi connectivity index (χ3v) is 2.62. The zero-order valence-corrected chi connectivity index (χ0v) is 8.37. The predicted molar refractivity (Wildman–Crippen MR) is 53.3 cm³/mol. The summed E-state index contributed by atoms with van der Waals surface area (Å²) < 4.78 is 1.89. The average molecular weight is 225 g/mol. The maximum absolute atomic E-state index is 4.17. The average Bonchev–Trinajstić information content (AvgIpc) is 2.47. The van der Waals surface area contributed by atoms with Gasteiger partial charge in [-0.1, -0.05) is 28.1 Å². The van der Waals surface area contributed by atoms with Crippen LogP contribution in [0.15, 0.2) is 24.4 Å². The van der Waals surface area contributed by atoms with Crippen molar-refractivity contribution in [2.24, 2.45) is 7.05 Å². The molecule has 0 atom stereocenters. The second-order valence-electron chi connectivity index (χ2n) is 2.79. The van der Waals surface area contributed by atoms with Crippen LogP contribution in [-0.2, 0) is 12.4 Å². The summed E-state index contributed by atoms with van der Waals surface area (Å²) in [5.74, 6) is 0. The fraction of sp³-hybridized carbons (Fsp3) is 0.222. The molecule has 0 amide bonds. The topological polar surface area (TPSA) is 17.8 Å². The van der Waals surface area contributed by atoms with Crippen molar-refractivity contribution in [1.29, 1.82) is 0 Å². The van der Waals surface area contributed by atoms with Crippen LogP contribution in [0.5, 0.6) is 0 Å². The highest BCUT2D eigenvalue weighted by molar-refractivity contribution is 9.08. The molecule has 0 saturated carbocycles. The second kappa shape index (κ2) is 2.90. The number of halogens is 1. The summed E-state index contributed by atoms with van der Waals surface area (Å²) in [6.45, 7) is 0. The first-order chi connectivity index (χ1) is 5.81. The molecule has 12 heavy (non-hydrogen) atoms. The van der Waals surface area contributed by atoms with Crippen LogP contribution in [0.1, 0.15) is 5.56 Å². The van der Waals surface area contributed by atoms with Crippen LogP contribution in [-0.4, -0.2) is 9.78 Å². The Balaban J connectivity index is 2.71. The smallest absolute Gasteiger partial charge is 0.0682 e. The third kappa shape index (κ3) is 1.14. The summed E-state index contributed by atoms with van der Waals surface area (Å²) in [6.07, 6.45) is 1.88. The summed E-state index contributed by atoms with van der Waals surface area (Å²) >= 11 is 3.43. The van der Waals surface area contributed by atoms with Gasteiger partial charge in [0, 0.05) is 17.8 Å². The molecule has 1 heterocycles. The summed E-state index contributed by atoms with van der Waals surface area (Å²) in [5.41, 5.74) is 2.47. The second-order valence-corrected chi connectivity index (χ2v) is 3.36. The maximum Gasteiger partial charge on any atom is 0.0682 e. The first-order valence-corrected chi connectivity index (χ1v) is 4.90. The van der Waals surface area contributed by atoms with Crippen molar-refractivity contribution in [1.82, 2.24) is 9.78 Å². The number of hydrogen-bond acceptors (Lipinski definition) is 1. The van der Waals surface area contributed by atoms with Gasteiger partial charge in [-0.2, -0.15) is 5.10 Å². The molecule has 1 aromatic carbocycles. The molecule has 0 saturated heterocycles. The summed E-state index contributed by atoms with van der Waals surface area (Å²) in [6, 6.07) is 6.36. The number of alkyl halides is 1. The lowest BCUT2D eigenvalue weighted by molar-refractivity contribution is 0.796. The minimum absolute atomic E-state index is 0.897. The van der Waals surface area contributed by atoms with Gasteiger partial charge in [-0.05, 0) is 11.6 Å². The Hall–Kier alpha value is -0.830. The molecule has 0 unspecified atom stereocenters. The van der Waals surface area contributed by atoms with E-state index in [9.17, 15) is 0 Å². The van der Waals surface area contributed by atoms with Crippen LogP contribution in [0.2, 0.25) is 0 Å². The molecular formula is C9H9BrN2. The van der Waals surface area contributed by atoms with E-state index in [1.54, 1.807) is 0 Å². The van der Waals surface area contributed by atoms with Crippen LogP contribution in [0.3, 0.4) is 0 Å². The normalized spacial score (nSPS) is 10.8. The summed E-state index contributed by atoms with van der Waals surface area (Å²) in [7, 11) is 1.96. The minimum atomic E-state index is 0.897. The minimum Gasteiger partial charge on any atom is -0.268 e. The van der Waals surface area contributed by atoms with Crippen molar-refractivity contribution in [2.75, 3.05) is 0 Å². The molecule has 0 bridgehead atoms.